The largest absolute Gasteiger partial charge is 0.493 e. The SMILES string of the molecule is CC(C)c1ccccc1OCCCn1c(-c2ccc(Cl)cc2)nc2ccccc21. The van der Waals surface area contributed by atoms with E-state index in [2.05, 4.69) is 54.8 Å². The molecule has 0 N–H and O–H groups in total. The lowest BCUT2D eigenvalue weighted by molar-refractivity contribution is 0.299. The van der Waals surface area contributed by atoms with E-state index >= 15 is 0 Å². The second-order valence-electron chi connectivity index (χ2n) is 7.48. The fourth-order valence-electron chi connectivity index (χ4n) is 3.61. The topological polar surface area (TPSA) is 27.1 Å². The summed E-state index contributed by atoms with van der Waals surface area (Å²) in [6.45, 7) is 5.88. The van der Waals surface area contributed by atoms with Crippen LogP contribution in [0, 0.1) is 0 Å². The van der Waals surface area contributed by atoms with Gasteiger partial charge in [-0.2, -0.15) is 0 Å². The van der Waals surface area contributed by atoms with Gasteiger partial charge in [0.15, 0.2) is 0 Å². The summed E-state index contributed by atoms with van der Waals surface area (Å²) in [5, 5.41) is 0.730. The van der Waals surface area contributed by atoms with Gasteiger partial charge >= 0.3 is 0 Å². The first-order chi connectivity index (χ1) is 14.1. The minimum atomic E-state index is 0.445. The van der Waals surface area contributed by atoms with Gasteiger partial charge < -0.3 is 9.30 Å². The molecule has 0 radical (unpaired) electrons. The molecule has 1 aromatic heterocycles. The number of benzene rings is 3. The lowest BCUT2D eigenvalue weighted by Gasteiger charge is -2.14. The van der Waals surface area contributed by atoms with Crippen molar-refractivity contribution in [1.29, 1.82) is 0 Å². The van der Waals surface area contributed by atoms with E-state index in [1.165, 1.54) is 5.56 Å². The summed E-state index contributed by atoms with van der Waals surface area (Å²) in [4.78, 5) is 4.87. The predicted molar refractivity (Wildman–Crippen MR) is 121 cm³/mol. The van der Waals surface area contributed by atoms with Crippen LogP contribution in [0.25, 0.3) is 22.4 Å². The molecule has 3 aromatic carbocycles. The molecule has 148 valence electrons. The van der Waals surface area contributed by atoms with Crippen LogP contribution in [0.15, 0.2) is 72.8 Å². The molecule has 0 aliphatic carbocycles. The van der Waals surface area contributed by atoms with Crippen LogP contribution < -0.4 is 4.74 Å². The number of hydrogen-bond donors (Lipinski definition) is 0. The number of halogens is 1. The number of fused-ring (bicyclic) bond motifs is 1. The summed E-state index contributed by atoms with van der Waals surface area (Å²) in [5.41, 5.74) is 4.46. The molecule has 29 heavy (non-hydrogen) atoms. The van der Waals surface area contributed by atoms with Crippen molar-refractivity contribution in [3.8, 4) is 17.1 Å². The number of imidazole rings is 1. The molecule has 0 saturated heterocycles. The van der Waals surface area contributed by atoms with Crippen molar-refractivity contribution in [2.75, 3.05) is 6.61 Å². The molecule has 0 saturated carbocycles. The van der Waals surface area contributed by atoms with Crippen molar-refractivity contribution >= 4 is 22.6 Å². The maximum Gasteiger partial charge on any atom is 0.141 e. The summed E-state index contributed by atoms with van der Waals surface area (Å²) in [6, 6.07) is 24.4. The standard InChI is InChI=1S/C25H25ClN2O/c1-18(2)21-8-3-6-11-24(21)29-17-7-16-28-23-10-5-4-9-22(23)27-25(28)19-12-14-20(26)15-13-19/h3-6,8-15,18H,7,16-17H2,1-2H3. The van der Waals surface area contributed by atoms with E-state index in [1.54, 1.807) is 0 Å². The van der Waals surface area contributed by atoms with Gasteiger partial charge in [-0.3, -0.25) is 0 Å². The van der Waals surface area contributed by atoms with Crippen molar-refractivity contribution in [2.24, 2.45) is 0 Å². The molecule has 0 atom stereocenters. The van der Waals surface area contributed by atoms with Crippen molar-refractivity contribution in [2.45, 2.75) is 32.7 Å². The molecule has 4 heteroatoms. The Hall–Kier alpha value is -2.78. The van der Waals surface area contributed by atoms with Gasteiger partial charge in [-0.15, -0.1) is 0 Å². The quantitative estimate of drug-likeness (QED) is 0.311. The van der Waals surface area contributed by atoms with Crippen LogP contribution in [0.3, 0.4) is 0 Å². The first kappa shape index (κ1) is 19.5. The number of nitrogens with zero attached hydrogens (tertiary/aromatic N) is 2. The van der Waals surface area contributed by atoms with Crippen LogP contribution in [-0.2, 0) is 6.54 Å². The van der Waals surface area contributed by atoms with Gasteiger partial charge in [-0.25, -0.2) is 4.98 Å². The maximum absolute atomic E-state index is 6.12. The first-order valence-electron chi connectivity index (χ1n) is 10.1. The Balaban J connectivity index is 1.53. The van der Waals surface area contributed by atoms with E-state index < -0.39 is 0 Å². The van der Waals surface area contributed by atoms with Crippen LogP contribution in [0.5, 0.6) is 5.75 Å². The Morgan fingerprint density at radius 1 is 0.931 bits per heavy atom. The van der Waals surface area contributed by atoms with Crippen molar-refractivity contribution in [1.82, 2.24) is 9.55 Å². The molecule has 0 bridgehead atoms. The third-order valence-electron chi connectivity index (χ3n) is 5.08. The monoisotopic (exact) mass is 404 g/mol. The molecule has 0 spiro atoms. The van der Waals surface area contributed by atoms with Gasteiger partial charge in [0.05, 0.1) is 17.6 Å². The van der Waals surface area contributed by atoms with Crippen LogP contribution >= 0.6 is 11.6 Å². The van der Waals surface area contributed by atoms with Gasteiger partial charge in [0.1, 0.15) is 11.6 Å². The Morgan fingerprint density at radius 2 is 1.66 bits per heavy atom. The Morgan fingerprint density at radius 3 is 2.45 bits per heavy atom. The number of rotatable bonds is 7. The molecule has 1 heterocycles. The fraction of sp³-hybridized carbons (Fsp3) is 0.240. The normalized spacial score (nSPS) is 11.3. The lowest BCUT2D eigenvalue weighted by Crippen LogP contribution is -2.07. The number of para-hydroxylation sites is 3. The van der Waals surface area contributed by atoms with Crippen LogP contribution in [0.1, 0.15) is 31.7 Å². The molecule has 0 fully saturated rings. The molecule has 4 aromatic rings. The molecule has 0 aliphatic rings. The predicted octanol–water partition coefficient (Wildman–Crippen LogP) is 6.95. The Kier molecular flexibility index (Phi) is 5.86. The number of aromatic nitrogens is 2. The van der Waals surface area contributed by atoms with E-state index in [4.69, 9.17) is 21.3 Å². The number of hydrogen-bond acceptors (Lipinski definition) is 2. The van der Waals surface area contributed by atoms with E-state index in [0.717, 1.165) is 46.2 Å². The summed E-state index contributed by atoms with van der Waals surface area (Å²) in [6.07, 6.45) is 0.896. The second kappa shape index (κ2) is 8.71. The zero-order valence-electron chi connectivity index (χ0n) is 16.8. The minimum absolute atomic E-state index is 0.445. The van der Waals surface area contributed by atoms with Gasteiger partial charge in [0.2, 0.25) is 0 Å². The van der Waals surface area contributed by atoms with E-state index in [-0.39, 0.29) is 0 Å². The number of ether oxygens (including phenoxy) is 1. The summed E-state index contributed by atoms with van der Waals surface area (Å²) < 4.78 is 8.39. The third-order valence-corrected chi connectivity index (χ3v) is 5.33. The molecular weight excluding hydrogens is 380 g/mol. The van der Waals surface area contributed by atoms with Gasteiger partial charge in [-0.1, -0.05) is 55.8 Å². The van der Waals surface area contributed by atoms with Crippen LogP contribution in [0.2, 0.25) is 5.02 Å². The lowest BCUT2D eigenvalue weighted by atomic mass is 10.0. The zero-order chi connectivity index (χ0) is 20.2. The van der Waals surface area contributed by atoms with Crippen LogP contribution in [-0.4, -0.2) is 16.2 Å². The Bertz CT molecular complexity index is 1100. The number of aryl methyl sites for hydroxylation is 1. The molecule has 4 rings (SSSR count). The van der Waals surface area contributed by atoms with Gasteiger partial charge in [0.25, 0.3) is 0 Å². The van der Waals surface area contributed by atoms with Crippen LogP contribution in [0.4, 0.5) is 0 Å². The average Bonchev–Trinajstić information content (AvgIpc) is 3.10. The highest BCUT2D eigenvalue weighted by Gasteiger charge is 2.13. The molecule has 3 nitrogen and oxygen atoms in total. The zero-order valence-corrected chi connectivity index (χ0v) is 17.6. The van der Waals surface area contributed by atoms with Crippen molar-refractivity contribution in [3.05, 3.63) is 83.4 Å². The highest BCUT2D eigenvalue weighted by Crippen LogP contribution is 2.28. The summed E-state index contributed by atoms with van der Waals surface area (Å²) >= 11 is 6.07. The summed E-state index contributed by atoms with van der Waals surface area (Å²) in [5.74, 6) is 2.39. The minimum Gasteiger partial charge on any atom is -0.493 e. The molecule has 0 aliphatic heterocycles. The maximum atomic E-state index is 6.12. The molecule has 0 amide bonds. The van der Waals surface area contributed by atoms with E-state index in [1.807, 2.05) is 36.4 Å². The third kappa shape index (κ3) is 4.30. The fourth-order valence-corrected chi connectivity index (χ4v) is 3.74. The Labute approximate surface area is 176 Å². The highest BCUT2D eigenvalue weighted by molar-refractivity contribution is 6.30. The molecule has 0 unspecified atom stereocenters. The van der Waals surface area contributed by atoms with Gasteiger partial charge in [-0.05, 0) is 60.4 Å². The average molecular weight is 405 g/mol. The first-order valence-corrected chi connectivity index (χ1v) is 10.4. The highest BCUT2D eigenvalue weighted by atomic mass is 35.5. The van der Waals surface area contributed by atoms with Crippen molar-refractivity contribution < 1.29 is 4.74 Å². The van der Waals surface area contributed by atoms with Gasteiger partial charge in [0, 0.05) is 17.1 Å². The van der Waals surface area contributed by atoms with E-state index in [9.17, 15) is 0 Å². The van der Waals surface area contributed by atoms with E-state index in [0.29, 0.717) is 12.5 Å². The second-order valence-corrected chi connectivity index (χ2v) is 7.91. The van der Waals surface area contributed by atoms with Crippen molar-refractivity contribution in [3.63, 3.8) is 0 Å². The summed E-state index contributed by atoms with van der Waals surface area (Å²) in [7, 11) is 0. The molecular formula is C25H25ClN2O. The smallest absolute Gasteiger partial charge is 0.141 e.